The van der Waals surface area contributed by atoms with E-state index in [0.717, 1.165) is 31.6 Å². The lowest BCUT2D eigenvalue weighted by Gasteiger charge is -2.17. The highest BCUT2D eigenvalue weighted by Crippen LogP contribution is 2.23. The Morgan fingerprint density at radius 1 is 1.05 bits per heavy atom. The molecule has 1 aliphatic rings. The van der Waals surface area contributed by atoms with Crippen molar-refractivity contribution < 1.29 is 4.39 Å². The summed E-state index contributed by atoms with van der Waals surface area (Å²) in [6, 6.07) is 13.4. The monoisotopic (exact) mass is 270 g/mol. The van der Waals surface area contributed by atoms with Crippen LogP contribution in [0.3, 0.4) is 0 Å². The minimum Gasteiger partial charge on any atom is -0.384 e. The molecule has 20 heavy (non-hydrogen) atoms. The molecule has 3 heteroatoms. The third kappa shape index (κ3) is 2.99. The number of hydrogen-bond acceptors (Lipinski definition) is 2. The largest absolute Gasteiger partial charge is 0.384 e. The molecule has 0 aromatic heterocycles. The maximum absolute atomic E-state index is 12.9. The first-order valence-electron chi connectivity index (χ1n) is 6.99. The molecule has 1 N–H and O–H groups in total. The molecule has 1 aliphatic heterocycles. The summed E-state index contributed by atoms with van der Waals surface area (Å²) in [4.78, 5) is 2.25. The molecule has 0 fully saturated rings. The third-order valence-corrected chi connectivity index (χ3v) is 3.70. The number of hydrogen-bond donors (Lipinski definition) is 1. The van der Waals surface area contributed by atoms with Gasteiger partial charge in [-0.1, -0.05) is 24.3 Å². The van der Waals surface area contributed by atoms with E-state index in [9.17, 15) is 4.39 Å². The Morgan fingerprint density at radius 2 is 1.75 bits per heavy atom. The Morgan fingerprint density at radius 3 is 2.55 bits per heavy atom. The number of fused-ring (bicyclic) bond motifs is 1. The highest BCUT2D eigenvalue weighted by atomic mass is 19.1. The fraction of sp³-hybridized carbons (Fsp3) is 0.294. The van der Waals surface area contributed by atoms with Gasteiger partial charge in [0.25, 0.3) is 0 Å². The van der Waals surface area contributed by atoms with E-state index in [0.29, 0.717) is 0 Å². The minimum absolute atomic E-state index is 0.178. The Labute approximate surface area is 119 Å². The van der Waals surface area contributed by atoms with Gasteiger partial charge in [-0.25, -0.2) is 4.39 Å². The molecule has 2 aromatic carbocycles. The van der Waals surface area contributed by atoms with E-state index in [2.05, 4.69) is 35.5 Å². The smallest absolute Gasteiger partial charge is 0.123 e. The van der Waals surface area contributed by atoms with Crippen LogP contribution >= 0.6 is 0 Å². The van der Waals surface area contributed by atoms with Gasteiger partial charge in [0.2, 0.25) is 0 Å². The number of nitrogens with zero attached hydrogens (tertiary/aromatic N) is 1. The molecule has 0 saturated carbocycles. The lowest BCUT2D eigenvalue weighted by atomic mass is 10.1. The number of anilines is 1. The fourth-order valence-corrected chi connectivity index (χ4v) is 2.73. The van der Waals surface area contributed by atoms with Gasteiger partial charge in [-0.3, -0.25) is 4.90 Å². The first-order valence-corrected chi connectivity index (χ1v) is 6.99. The van der Waals surface area contributed by atoms with Crippen molar-refractivity contribution in [1.82, 2.24) is 4.90 Å². The summed E-state index contributed by atoms with van der Waals surface area (Å²) in [6.45, 7) is 2.78. The second-order valence-corrected chi connectivity index (χ2v) is 5.47. The van der Waals surface area contributed by atoms with E-state index in [1.54, 1.807) is 0 Å². The second-order valence-electron chi connectivity index (χ2n) is 5.47. The van der Waals surface area contributed by atoms with Gasteiger partial charge in [0, 0.05) is 25.3 Å². The fourth-order valence-electron chi connectivity index (χ4n) is 2.73. The Bertz CT molecular complexity index is 592. The standard InChI is InChI=1S/C17H19FN2/c1-20(11-13-2-5-16(18)6-3-13)12-14-4-7-17-15(10-14)8-9-19-17/h2-7,10,19H,8-9,11-12H2,1H3. The highest BCUT2D eigenvalue weighted by molar-refractivity contribution is 5.56. The summed E-state index contributed by atoms with van der Waals surface area (Å²) in [7, 11) is 2.09. The van der Waals surface area contributed by atoms with Gasteiger partial charge in [0.1, 0.15) is 5.82 Å². The molecular weight excluding hydrogens is 251 g/mol. The van der Waals surface area contributed by atoms with Gasteiger partial charge in [-0.15, -0.1) is 0 Å². The minimum atomic E-state index is -0.178. The predicted molar refractivity (Wildman–Crippen MR) is 80.2 cm³/mol. The van der Waals surface area contributed by atoms with E-state index in [-0.39, 0.29) is 5.82 Å². The van der Waals surface area contributed by atoms with Crippen LogP contribution in [0.2, 0.25) is 0 Å². The molecule has 0 radical (unpaired) electrons. The maximum atomic E-state index is 12.9. The molecule has 1 heterocycles. The van der Waals surface area contributed by atoms with Gasteiger partial charge < -0.3 is 5.32 Å². The Kier molecular flexibility index (Phi) is 3.70. The average Bonchev–Trinajstić information content (AvgIpc) is 2.89. The third-order valence-electron chi connectivity index (χ3n) is 3.70. The molecule has 0 aliphatic carbocycles. The molecule has 0 bridgehead atoms. The second kappa shape index (κ2) is 5.63. The zero-order valence-electron chi connectivity index (χ0n) is 11.7. The summed E-state index contributed by atoms with van der Waals surface area (Å²) in [5, 5.41) is 3.38. The van der Waals surface area contributed by atoms with Gasteiger partial charge in [0.05, 0.1) is 0 Å². The lowest BCUT2D eigenvalue weighted by molar-refractivity contribution is 0.319. The van der Waals surface area contributed by atoms with Crippen molar-refractivity contribution in [2.45, 2.75) is 19.5 Å². The normalized spacial score (nSPS) is 13.3. The predicted octanol–water partition coefficient (Wildman–Crippen LogP) is 3.43. The highest BCUT2D eigenvalue weighted by Gasteiger charge is 2.10. The van der Waals surface area contributed by atoms with Crippen molar-refractivity contribution in [2.24, 2.45) is 0 Å². The average molecular weight is 270 g/mol. The van der Waals surface area contributed by atoms with Gasteiger partial charge in [-0.05, 0) is 48.4 Å². The van der Waals surface area contributed by atoms with Crippen molar-refractivity contribution in [3.8, 4) is 0 Å². The quantitative estimate of drug-likeness (QED) is 0.915. The van der Waals surface area contributed by atoms with Gasteiger partial charge in [0.15, 0.2) is 0 Å². The Hall–Kier alpha value is -1.87. The first-order chi connectivity index (χ1) is 9.70. The SMILES string of the molecule is CN(Cc1ccc(F)cc1)Cc1ccc2c(c1)CCN2. The van der Waals surface area contributed by atoms with Crippen LogP contribution < -0.4 is 5.32 Å². The number of nitrogens with one attached hydrogen (secondary N) is 1. The molecule has 0 spiro atoms. The van der Waals surface area contributed by atoms with E-state index < -0.39 is 0 Å². The zero-order valence-corrected chi connectivity index (χ0v) is 11.7. The van der Waals surface area contributed by atoms with Crippen molar-refractivity contribution in [2.75, 3.05) is 18.9 Å². The van der Waals surface area contributed by atoms with Crippen molar-refractivity contribution in [3.63, 3.8) is 0 Å². The molecular formula is C17H19FN2. The van der Waals surface area contributed by atoms with E-state index in [4.69, 9.17) is 0 Å². The van der Waals surface area contributed by atoms with Gasteiger partial charge in [-0.2, -0.15) is 0 Å². The first kappa shape index (κ1) is 13.1. The summed E-state index contributed by atoms with van der Waals surface area (Å²) < 4.78 is 12.9. The molecule has 2 nitrogen and oxygen atoms in total. The van der Waals surface area contributed by atoms with Crippen molar-refractivity contribution in [3.05, 3.63) is 65.0 Å². The molecule has 0 saturated heterocycles. The molecule has 2 aromatic rings. The Balaban J connectivity index is 1.63. The number of halogens is 1. The van der Waals surface area contributed by atoms with Crippen LogP contribution in [0.25, 0.3) is 0 Å². The van der Waals surface area contributed by atoms with E-state index >= 15 is 0 Å². The maximum Gasteiger partial charge on any atom is 0.123 e. The van der Waals surface area contributed by atoms with Crippen LogP contribution in [0.5, 0.6) is 0 Å². The van der Waals surface area contributed by atoms with Crippen molar-refractivity contribution >= 4 is 5.69 Å². The molecule has 3 rings (SSSR count). The molecule has 0 unspecified atom stereocenters. The van der Waals surface area contributed by atoms with Crippen LogP contribution in [0.15, 0.2) is 42.5 Å². The molecule has 0 atom stereocenters. The topological polar surface area (TPSA) is 15.3 Å². The molecule has 0 amide bonds. The van der Waals surface area contributed by atoms with Crippen LogP contribution in [0, 0.1) is 5.82 Å². The van der Waals surface area contributed by atoms with Crippen LogP contribution in [-0.4, -0.2) is 18.5 Å². The molecule has 104 valence electrons. The van der Waals surface area contributed by atoms with Crippen LogP contribution in [0.1, 0.15) is 16.7 Å². The van der Waals surface area contributed by atoms with Crippen molar-refractivity contribution in [1.29, 1.82) is 0 Å². The summed E-state index contributed by atoms with van der Waals surface area (Å²) in [6.07, 6.45) is 1.12. The summed E-state index contributed by atoms with van der Waals surface area (Å²) >= 11 is 0. The summed E-state index contributed by atoms with van der Waals surface area (Å²) in [5.74, 6) is -0.178. The number of rotatable bonds is 4. The van der Waals surface area contributed by atoms with Crippen LogP contribution in [-0.2, 0) is 19.5 Å². The zero-order chi connectivity index (χ0) is 13.9. The number of benzene rings is 2. The van der Waals surface area contributed by atoms with Gasteiger partial charge >= 0.3 is 0 Å². The van der Waals surface area contributed by atoms with E-state index in [1.807, 2.05) is 12.1 Å². The van der Waals surface area contributed by atoms with E-state index in [1.165, 1.54) is 28.9 Å². The lowest BCUT2D eigenvalue weighted by Crippen LogP contribution is -2.17. The van der Waals surface area contributed by atoms with Crippen LogP contribution in [0.4, 0.5) is 10.1 Å². The summed E-state index contributed by atoms with van der Waals surface area (Å²) in [5.41, 5.74) is 5.15.